The molecule has 0 spiro atoms. The maximum absolute atomic E-state index is 11.7. The van der Waals surface area contributed by atoms with Crippen LogP contribution in [-0.4, -0.2) is 50.3 Å². The van der Waals surface area contributed by atoms with E-state index in [0.717, 1.165) is 10.2 Å². The highest BCUT2D eigenvalue weighted by atomic mass is 79.9. The summed E-state index contributed by atoms with van der Waals surface area (Å²) < 4.78 is 10.9. The predicted octanol–water partition coefficient (Wildman–Crippen LogP) is 2.03. The van der Waals surface area contributed by atoms with E-state index in [-0.39, 0.29) is 0 Å². The Morgan fingerprint density at radius 1 is 1.33 bits per heavy atom. The van der Waals surface area contributed by atoms with Crippen LogP contribution in [0, 0.1) is 0 Å². The summed E-state index contributed by atoms with van der Waals surface area (Å²) in [6.07, 6.45) is -0.758. The van der Waals surface area contributed by atoms with E-state index in [9.17, 15) is 9.59 Å². The van der Waals surface area contributed by atoms with E-state index in [1.165, 1.54) is 7.11 Å². The topological polar surface area (TPSA) is 67.9 Å². The minimum absolute atomic E-state index is 0.409. The first-order valence-electron chi connectivity index (χ1n) is 6.41. The first kappa shape index (κ1) is 17.5. The summed E-state index contributed by atoms with van der Waals surface area (Å²) in [6.45, 7) is 2.69. The fourth-order valence-corrected chi connectivity index (χ4v) is 1.75. The zero-order chi connectivity index (χ0) is 15.8. The van der Waals surface area contributed by atoms with Gasteiger partial charge in [-0.3, -0.25) is 15.0 Å². The van der Waals surface area contributed by atoms with Crippen LogP contribution in [0.3, 0.4) is 0 Å². The third-order valence-electron chi connectivity index (χ3n) is 2.98. The zero-order valence-electron chi connectivity index (χ0n) is 12.3. The number of nitrogens with zero attached hydrogens (tertiary/aromatic N) is 1. The highest BCUT2D eigenvalue weighted by Gasteiger charge is 2.20. The van der Waals surface area contributed by atoms with Crippen LogP contribution in [0.2, 0.25) is 0 Å². The molecule has 0 aromatic heterocycles. The number of amides is 2. The number of benzene rings is 1. The Kier molecular flexibility index (Phi) is 7.18. The Bertz CT molecular complexity index is 478. The maximum Gasteiger partial charge on any atom is 0.413 e. The molecule has 7 heteroatoms. The first-order valence-corrected chi connectivity index (χ1v) is 7.20. The van der Waals surface area contributed by atoms with Gasteiger partial charge in [-0.05, 0) is 38.2 Å². The number of likely N-dealkylation sites (N-methyl/N-ethyl adjacent to an activating group) is 1. The molecule has 0 fully saturated rings. The average Bonchev–Trinajstić information content (AvgIpc) is 2.48. The van der Waals surface area contributed by atoms with E-state index in [4.69, 9.17) is 4.74 Å². The molecule has 0 aliphatic rings. The number of hydrogen-bond donors (Lipinski definition) is 1. The lowest BCUT2D eigenvalue weighted by Crippen LogP contribution is -2.46. The molecule has 0 aliphatic heterocycles. The second kappa shape index (κ2) is 8.63. The molecule has 0 bridgehead atoms. The van der Waals surface area contributed by atoms with Crippen molar-refractivity contribution < 1.29 is 19.1 Å². The standard InChI is InChI=1S/C14H19BrN2O4/c1-10(13(18)16-14(19)20-3)17(2)8-9-21-12-6-4-11(15)5-7-12/h4-7,10H,8-9H2,1-3H3,(H,16,18,19)/t10-/m1/s1. The molecule has 0 radical (unpaired) electrons. The number of halogens is 1. The number of carbonyl (C=O) groups is 2. The summed E-state index contributed by atoms with van der Waals surface area (Å²) >= 11 is 3.35. The van der Waals surface area contributed by atoms with Crippen LogP contribution in [0.1, 0.15) is 6.92 Å². The predicted molar refractivity (Wildman–Crippen MR) is 82.3 cm³/mol. The van der Waals surface area contributed by atoms with Crippen LogP contribution >= 0.6 is 15.9 Å². The summed E-state index contributed by atoms with van der Waals surface area (Å²) in [5.41, 5.74) is 0. The molecular formula is C14H19BrN2O4. The van der Waals surface area contributed by atoms with Crippen molar-refractivity contribution in [2.75, 3.05) is 27.3 Å². The van der Waals surface area contributed by atoms with Crippen molar-refractivity contribution in [2.24, 2.45) is 0 Å². The highest BCUT2D eigenvalue weighted by Crippen LogP contribution is 2.15. The van der Waals surface area contributed by atoms with E-state index in [1.807, 2.05) is 24.3 Å². The Labute approximate surface area is 132 Å². The number of hydrogen-bond acceptors (Lipinski definition) is 5. The molecule has 6 nitrogen and oxygen atoms in total. The third kappa shape index (κ3) is 6.14. The number of carbonyl (C=O) groups excluding carboxylic acids is 2. The van der Waals surface area contributed by atoms with Crippen LogP contribution < -0.4 is 10.1 Å². The Morgan fingerprint density at radius 3 is 2.52 bits per heavy atom. The minimum Gasteiger partial charge on any atom is -0.492 e. The van der Waals surface area contributed by atoms with Crippen LogP contribution in [0.5, 0.6) is 5.75 Å². The van der Waals surface area contributed by atoms with E-state index in [1.54, 1.807) is 18.9 Å². The van der Waals surface area contributed by atoms with Gasteiger partial charge in [-0.25, -0.2) is 4.79 Å². The molecule has 0 saturated heterocycles. The van der Waals surface area contributed by atoms with Crippen molar-refractivity contribution in [1.82, 2.24) is 10.2 Å². The van der Waals surface area contributed by atoms with Crippen molar-refractivity contribution in [3.63, 3.8) is 0 Å². The number of alkyl carbamates (subject to hydrolysis) is 1. The molecule has 1 N–H and O–H groups in total. The second-order valence-corrected chi connectivity index (χ2v) is 5.36. The van der Waals surface area contributed by atoms with Gasteiger partial charge in [0, 0.05) is 11.0 Å². The lowest BCUT2D eigenvalue weighted by Gasteiger charge is -2.23. The van der Waals surface area contributed by atoms with E-state index in [2.05, 4.69) is 26.0 Å². The molecule has 0 aliphatic carbocycles. The number of methoxy groups -OCH3 is 1. The van der Waals surface area contributed by atoms with Gasteiger partial charge in [0.1, 0.15) is 12.4 Å². The SMILES string of the molecule is COC(=O)NC(=O)[C@@H](C)N(C)CCOc1ccc(Br)cc1. The fraction of sp³-hybridized carbons (Fsp3) is 0.429. The molecule has 1 aromatic carbocycles. The van der Waals surface area contributed by atoms with Crippen molar-refractivity contribution in [1.29, 1.82) is 0 Å². The van der Waals surface area contributed by atoms with Crippen LogP contribution in [-0.2, 0) is 9.53 Å². The lowest BCUT2D eigenvalue weighted by atomic mass is 10.3. The Morgan fingerprint density at radius 2 is 1.95 bits per heavy atom. The molecular weight excluding hydrogens is 340 g/mol. The normalized spacial score (nSPS) is 11.9. The van der Waals surface area contributed by atoms with Crippen LogP contribution in [0.15, 0.2) is 28.7 Å². The monoisotopic (exact) mass is 358 g/mol. The maximum atomic E-state index is 11.7. The van der Waals surface area contributed by atoms with Crippen molar-refractivity contribution in [2.45, 2.75) is 13.0 Å². The van der Waals surface area contributed by atoms with Gasteiger partial charge in [0.25, 0.3) is 0 Å². The summed E-state index contributed by atoms with van der Waals surface area (Å²) in [5, 5.41) is 2.14. The molecule has 1 aromatic rings. The smallest absolute Gasteiger partial charge is 0.413 e. The van der Waals surface area contributed by atoms with Crippen molar-refractivity contribution in [3.8, 4) is 5.75 Å². The van der Waals surface area contributed by atoms with Gasteiger partial charge in [0.15, 0.2) is 0 Å². The fourth-order valence-electron chi connectivity index (χ4n) is 1.49. The number of imide groups is 1. The largest absolute Gasteiger partial charge is 0.492 e. The van der Waals surface area contributed by atoms with E-state index < -0.39 is 18.0 Å². The minimum atomic E-state index is -0.758. The first-order chi connectivity index (χ1) is 9.93. The zero-order valence-corrected chi connectivity index (χ0v) is 13.8. The number of nitrogens with one attached hydrogen (secondary N) is 1. The molecule has 2 amide bonds. The average molecular weight is 359 g/mol. The Balaban J connectivity index is 2.35. The quantitative estimate of drug-likeness (QED) is 0.842. The summed E-state index contributed by atoms with van der Waals surface area (Å²) in [5.74, 6) is 0.353. The summed E-state index contributed by atoms with van der Waals surface area (Å²) in [7, 11) is 3.00. The van der Waals surface area contributed by atoms with Gasteiger partial charge < -0.3 is 9.47 Å². The summed E-state index contributed by atoms with van der Waals surface area (Å²) in [4.78, 5) is 24.5. The number of rotatable bonds is 6. The van der Waals surface area contributed by atoms with Gasteiger partial charge in [-0.2, -0.15) is 0 Å². The van der Waals surface area contributed by atoms with Crippen LogP contribution in [0.25, 0.3) is 0 Å². The second-order valence-electron chi connectivity index (χ2n) is 4.44. The lowest BCUT2D eigenvalue weighted by molar-refractivity contribution is -0.124. The molecule has 21 heavy (non-hydrogen) atoms. The van der Waals surface area contributed by atoms with Crippen molar-refractivity contribution in [3.05, 3.63) is 28.7 Å². The molecule has 0 heterocycles. The van der Waals surface area contributed by atoms with Gasteiger partial charge in [-0.15, -0.1) is 0 Å². The Hall–Kier alpha value is -1.60. The molecule has 0 unspecified atom stereocenters. The van der Waals surface area contributed by atoms with Gasteiger partial charge in [-0.1, -0.05) is 15.9 Å². The molecule has 1 atom stereocenters. The summed E-state index contributed by atoms with van der Waals surface area (Å²) in [6, 6.07) is 7.05. The third-order valence-corrected chi connectivity index (χ3v) is 3.51. The van der Waals surface area contributed by atoms with E-state index in [0.29, 0.717) is 13.2 Å². The van der Waals surface area contributed by atoms with Crippen LogP contribution in [0.4, 0.5) is 4.79 Å². The number of ether oxygens (including phenoxy) is 2. The van der Waals surface area contributed by atoms with Gasteiger partial charge in [0.05, 0.1) is 13.2 Å². The van der Waals surface area contributed by atoms with E-state index >= 15 is 0 Å². The highest BCUT2D eigenvalue weighted by molar-refractivity contribution is 9.10. The molecule has 116 valence electrons. The van der Waals surface area contributed by atoms with Gasteiger partial charge >= 0.3 is 6.09 Å². The molecule has 1 rings (SSSR count). The van der Waals surface area contributed by atoms with Crippen molar-refractivity contribution >= 4 is 27.9 Å². The van der Waals surface area contributed by atoms with Gasteiger partial charge in [0.2, 0.25) is 5.91 Å². The molecule has 0 saturated carbocycles.